The Labute approximate surface area is 196 Å². The van der Waals surface area contributed by atoms with Gasteiger partial charge in [0.15, 0.2) is 0 Å². The molecule has 33 heavy (non-hydrogen) atoms. The van der Waals surface area contributed by atoms with Crippen molar-refractivity contribution in [1.29, 1.82) is 0 Å². The van der Waals surface area contributed by atoms with Gasteiger partial charge in [0.2, 0.25) is 5.91 Å². The van der Waals surface area contributed by atoms with Crippen LogP contribution in [0.1, 0.15) is 40.9 Å². The Kier molecular flexibility index (Phi) is 7.15. The van der Waals surface area contributed by atoms with Gasteiger partial charge in [0.25, 0.3) is 5.91 Å². The van der Waals surface area contributed by atoms with E-state index in [1.165, 1.54) is 0 Å². The molecule has 4 rings (SSSR count). The Morgan fingerprint density at radius 3 is 2.70 bits per heavy atom. The van der Waals surface area contributed by atoms with Crippen LogP contribution in [0.15, 0.2) is 54.6 Å². The number of aryl methyl sites for hydroxylation is 1. The molecule has 2 heterocycles. The number of pyridine rings is 1. The third kappa shape index (κ3) is 5.64. The first kappa shape index (κ1) is 23.1. The van der Waals surface area contributed by atoms with Crippen molar-refractivity contribution in [3.8, 4) is 5.75 Å². The van der Waals surface area contributed by atoms with E-state index in [1.807, 2.05) is 37.3 Å². The van der Waals surface area contributed by atoms with Crippen molar-refractivity contribution in [3.63, 3.8) is 0 Å². The maximum absolute atomic E-state index is 12.9. The van der Waals surface area contributed by atoms with E-state index in [2.05, 4.69) is 10.3 Å². The van der Waals surface area contributed by atoms with Gasteiger partial charge < -0.3 is 10.1 Å². The average molecular weight is 466 g/mol. The number of carbonyl (C=O) groups excluding carboxylic acids is 2. The lowest BCUT2D eigenvalue weighted by Gasteiger charge is -2.37. The monoisotopic (exact) mass is 465 g/mol. The van der Waals surface area contributed by atoms with Crippen molar-refractivity contribution in [2.24, 2.45) is 0 Å². The van der Waals surface area contributed by atoms with E-state index in [0.717, 1.165) is 34.3 Å². The second-order valence-corrected chi connectivity index (χ2v) is 9.46. The predicted molar refractivity (Wildman–Crippen MR) is 129 cm³/mol. The number of hydrogen-bond acceptors (Lipinski definition) is 6. The molecule has 3 N–H and O–H groups in total. The second-order valence-electron chi connectivity index (χ2n) is 8.36. The van der Waals surface area contributed by atoms with Crippen LogP contribution in [0.4, 0.5) is 0 Å². The van der Waals surface area contributed by atoms with Gasteiger partial charge in [-0.1, -0.05) is 18.2 Å². The first-order chi connectivity index (χ1) is 16.0. The molecule has 0 aliphatic carbocycles. The normalized spacial score (nSPS) is 18.0. The third-order valence-electron chi connectivity index (χ3n) is 5.77. The summed E-state index contributed by atoms with van der Waals surface area (Å²) in [5, 5.41) is 13.0. The Bertz CT molecular complexity index is 1140. The lowest BCUT2D eigenvalue weighted by molar-refractivity contribution is -0.130. The van der Waals surface area contributed by atoms with E-state index in [4.69, 9.17) is 9.94 Å². The number of ether oxygens (including phenoxy) is 1. The average Bonchev–Trinajstić information content (AvgIpc) is 2.83. The van der Waals surface area contributed by atoms with Crippen LogP contribution >= 0.6 is 11.8 Å². The number of amides is 2. The molecule has 1 aliphatic rings. The number of para-hydroxylation sites is 1. The van der Waals surface area contributed by atoms with Crippen molar-refractivity contribution < 1.29 is 19.5 Å². The number of benzene rings is 2. The molecule has 2 aromatic carbocycles. The highest BCUT2D eigenvalue weighted by Gasteiger charge is 2.36. The highest BCUT2D eigenvalue weighted by atomic mass is 32.2. The Balaban J connectivity index is 1.43. The maximum Gasteiger partial charge on any atom is 0.251 e. The summed E-state index contributed by atoms with van der Waals surface area (Å²) >= 11 is 1.70. The number of thioether (sulfide) groups is 1. The molecule has 1 aliphatic heterocycles. The summed E-state index contributed by atoms with van der Waals surface area (Å²) in [6, 6.07) is 17.0. The number of nitrogens with one attached hydrogen (secondary N) is 2. The van der Waals surface area contributed by atoms with E-state index in [1.54, 1.807) is 41.5 Å². The summed E-state index contributed by atoms with van der Waals surface area (Å²) in [6.07, 6.45) is 1.64. The molecule has 0 bridgehead atoms. The SMILES string of the molecule is Cc1cc(COc2ccc(C(=O)NC3(CC(=O)NO)CCCSC3)cc2)c2ccccc2n1. The summed E-state index contributed by atoms with van der Waals surface area (Å²) in [7, 11) is 0. The second kappa shape index (κ2) is 10.2. The zero-order chi connectivity index (χ0) is 23.3. The van der Waals surface area contributed by atoms with Crippen LogP contribution in [-0.4, -0.2) is 39.1 Å². The Morgan fingerprint density at radius 1 is 1.18 bits per heavy atom. The molecule has 172 valence electrons. The molecule has 1 aromatic heterocycles. The summed E-state index contributed by atoms with van der Waals surface area (Å²) < 4.78 is 5.98. The van der Waals surface area contributed by atoms with Gasteiger partial charge in [0.1, 0.15) is 12.4 Å². The fourth-order valence-corrected chi connectivity index (χ4v) is 5.37. The van der Waals surface area contributed by atoms with Gasteiger partial charge in [-0.25, -0.2) is 5.48 Å². The first-order valence-electron chi connectivity index (χ1n) is 10.9. The molecule has 1 fully saturated rings. The van der Waals surface area contributed by atoms with Crippen LogP contribution in [0, 0.1) is 6.92 Å². The first-order valence-corrected chi connectivity index (χ1v) is 12.0. The molecule has 7 nitrogen and oxygen atoms in total. The van der Waals surface area contributed by atoms with Crippen LogP contribution in [0.2, 0.25) is 0 Å². The van der Waals surface area contributed by atoms with Crippen molar-refractivity contribution in [2.75, 3.05) is 11.5 Å². The van der Waals surface area contributed by atoms with E-state index in [0.29, 0.717) is 30.1 Å². The number of fused-ring (bicyclic) bond motifs is 1. The van der Waals surface area contributed by atoms with Crippen molar-refractivity contribution in [1.82, 2.24) is 15.8 Å². The van der Waals surface area contributed by atoms with Gasteiger partial charge in [-0.3, -0.25) is 19.8 Å². The van der Waals surface area contributed by atoms with Gasteiger partial charge in [0, 0.05) is 28.0 Å². The number of carbonyl (C=O) groups is 2. The number of aromatic nitrogens is 1. The highest BCUT2D eigenvalue weighted by Crippen LogP contribution is 2.30. The summed E-state index contributed by atoms with van der Waals surface area (Å²) in [5.41, 5.74) is 4.43. The minimum atomic E-state index is -0.664. The Hall–Kier alpha value is -3.10. The van der Waals surface area contributed by atoms with Gasteiger partial charge >= 0.3 is 0 Å². The fraction of sp³-hybridized carbons (Fsp3) is 0.320. The van der Waals surface area contributed by atoms with E-state index in [-0.39, 0.29) is 12.3 Å². The number of nitrogens with zero attached hydrogens (tertiary/aromatic N) is 1. The maximum atomic E-state index is 12.9. The van der Waals surface area contributed by atoms with Gasteiger partial charge in [-0.15, -0.1) is 0 Å². The smallest absolute Gasteiger partial charge is 0.251 e. The van der Waals surface area contributed by atoms with Crippen molar-refractivity contribution in [3.05, 3.63) is 71.4 Å². The Morgan fingerprint density at radius 2 is 1.97 bits per heavy atom. The van der Waals surface area contributed by atoms with Gasteiger partial charge in [-0.05, 0) is 61.9 Å². The van der Waals surface area contributed by atoms with Crippen molar-refractivity contribution >= 4 is 34.5 Å². The third-order valence-corrected chi connectivity index (χ3v) is 7.10. The predicted octanol–water partition coefficient (Wildman–Crippen LogP) is 4.01. The standard InChI is InChI=1S/C25H27N3O4S/c1-17-13-19(21-5-2-3-6-22(21)26-17)15-32-20-9-7-18(8-10-20)24(30)27-25(14-23(29)28-31)11-4-12-33-16-25/h2-3,5-10,13,31H,4,11-12,14-16H2,1H3,(H,27,30)(H,28,29). The van der Waals surface area contributed by atoms with Gasteiger partial charge in [-0.2, -0.15) is 11.8 Å². The van der Waals surface area contributed by atoms with Crippen LogP contribution in [0.5, 0.6) is 5.75 Å². The van der Waals surface area contributed by atoms with Gasteiger partial charge in [0.05, 0.1) is 17.5 Å². The quantitative estimate of drug-likeness (QED) is 0.360. The zero-order valence-electron chi connectivity index (χ0n) is 18.5. The largest absolute Gasteiger partial charge is 0.489 e. The molecule has 3 aromatic rings. The summed E-state index contributed by atoms with van der Waals surface area (Å²) in [5.74, 6) is 1.54. The van der Waals surface area contributed by atoms with E-state index >= 15 is 0 Å². The molecule has 0 radical (unpaired) electrons. The molecule has 0 spiro atoms. The molecule has 0 saturated carbocycles. The summed E-state index contributed by atoms with van der Waals surface area (Å²) in [4.78, 5) is 29.3. The topological polar surface area (TPSA) is 101 Å². The van der Waals surface area contributed by atoms with Crippen LogP contribution < -0.4 is 15.5 Å². The molecule has 1 saturated heterocycles. The fourth-order valence-electron chi connectivity index (χ4n) is 4.17. The van der Waals surface area contributed by atoms with Crippen LogP contribution in [0.3, 0.4) is 0 Å². The number of hydroxylamine groups is 1. The molecule has 1 atom stereocenters. The van der Waals surface area contributed by atoms with E-state index in [9.17, 15) is 9.59 Å². The highest BCUT2D eigenvalue weighted by molar-refractivity contribution is 7.99. The molecule has 2 amide bonds. The lowest BCUT2D eigenvalue weighted by Crippen LogP contribution is -2.54. The minimum absolute atomic E-state index is 0.0444. The van der Waals surface area contributed by atoms with Crippen LogP contribution in [-0.2, 0) is 11.4 Å². The lowest BCUT2D eigenvalue weighted by atomic mass is 9.90. The van der Waals surface area contributed by atoms with E-state index < -0.39 is 11.4 Å². The molecule has 1 unspecified atom stereocenters. The molecular weight excluding hydrogens is 438 g/mol. The molecular formula is C25H27N3O4S. The van der Waals surface area contributed by atoms with Crippen molar-refractivity contribution in [2.45, 2.75) is 38.3 Å². The number of hydrogen-bond donors (Lipinski definition) is 3. The molecule has 8 heteroatoms. The van der Waals surface area contributed by atoms with Crippen LogP contribution in [0.25, 0.3) is 10.9 Å². The minimum Gasteiger partial charge on any atom is -0.489 e. The summed E-state index contributed by atoms with van der Waals surface area (Å²) in [6.45, 7) is 2.36. The number of rotatable bonds is 7. The zero-order valence-corrected chi connectivity index (χ0v) is 19.3.